The maximum atomic E-state index is 12.6. The molecule has 165 valence electrons. The fourth-order valence-corrected chi connectivity index (χ4v) is 4.69. The molecule has 31 heavy (non-hydrogen) atoms. The number of unbranched alkanes of at least 4 members (excludes halogenated alkanes) is 3. The number of halogens is 3. The van der Waals surface area contributed by atoms with E-state index in [9.17, 15) is 13.2 Å². The van der Waals surface area contributed by atoms with Crippen LogP contribution in [0.3, 0.4) is 0 Å². The molecule has 0 bridgehead atoms. The predicted octanol–water partition coefficient (Wildman–Crippen LogP) is 6.04. The van der Waals surface area contributed by atoms with Gasteiger partial charge in [0.25, 0.3) is 0 Å². The highest BCUT2D eigenvalue weighted by molar-refractivity contribution is 7.16. The third-order valence-corrected chi connectivity index (χ3v) is 6.72. The molecular weight excluding hydrogens is 419 g/mol. The molecule has 0 saturated carbocycles. The Balaban J connectivity index is 1.10. The average Bonchev–Trinajstić information content (AvgIpc) is 3.24. The molecule has 7 heteroatoms. The van der Waals surface area contributed by atoms with Gasteiger partial charge in [-0.25, -0.2) is 4.98 Å². The minimum atomic E-state index is -4.25. The van der Waals surface area contributed by atoms with Gasteiger partial charge in [0.2, 0.25) is 0 Å². The fourth-order valence-electron chi connectivity index (χ4n) is 4.11. The normalized spacial score (nSPS) is 15.6. The molecule has 0 spiro atoms. The molecule has 3 aromatic rings. The van der Waals surface area contributed by atoms with Crippen molar-refractivity contribution in [2.75, 3.05) is 37.6 Å². The van der Waals surface area contributed by atoms with E-state index in [1.165, 1.54) is 28.9 Å². The minimum absolute atomic E-state index is 0.571. The quantitative estimate of drug-likeness (QED) is 0.393. The smallest absolute Gasteiger partial charge is 0.369 e. The molecule has 0 aliphatic carbocycles. The number of rotatable bonds is 8. The molecule has 4 rings (SSSR count). The lowest BCUT2D eigenvalue weighted by atomic mass is 10.0. The van der Waals surface area contributed by atoms with Crippen LogP contribution in [0.4, 0.5) is 18.9 Å². The topological polar surface area (TPSA) is 19.4 Å². The molecule has 1 saturated heterocycles. The molecular formula is C24H27F3N3S. The van der Waals surface area contributed by atoms with Crippen molar-refractivity contribution in [3.63, 3.8) is 0 Å². The summed E-state index contributed by atoms with van der Waals surface area (Å²) >= 11 is 1.55. The Morgan fingerprint density at radius 1 is 0.903 bits per heavy atom. The second-order valence-electron chi connectivity index (χ2n) is 8.14. The summed E-state index contributed by atoms with van der Waals surface area (Å²) in [6.07, 6.45) is 1.07. The number of hydrogen-bond donors (Lipinski definition) is 0. The minimum Gasteiger partial charge on any atom is -0.369 e. The molecule has 1 aromatic heterocycles. The molecule has 1 fully saturated rings. The molecule has 0 atom stereocenters. The van der Waals surface area contributed by atoms with Gasteiger partial charge in [-0.1, -0.05) is 25.0 Å². The van der Waals surface area contributed by atoms with E-state index in [4.69, 9.17) is 0 Å². The van der Waals surface area contributed by atoms with E-state index in [0.29, 0.717) is 0 Å². The van der Waals surface area contributed by atoms with Crippen LogP contribution in [-0.2, 0) is 12.6 Å². The van der Waals surface area contributed by atoms with E-state index in [2.05, 4.69) is 38.5 Å². The van der Waals surface area contributed by atoms with Gasteiger partial charge in [-0.15, -0.1) is 11.3 Å². The highest BCUT2D eigenvalue weighted by Gasteiger charge is 2.29. The number of piperazine rings is 1. The molecule has 0 N–H and O–H groups in total. The van der Waals surface area contributed by atoms with E-state index >= 15 is 0 Å². The summed E-state index contributed by atoms with van der Waals surface area (Å²) < 4.78 is 39.0. The first-order chi connectivity index (χ1) is 15.0. The Kier molecular flexibility index (Phi) is 7.13. The van der Waals surface area contributed by atoms with Crippen LogP contribution in [0.2, 0.25) is 0 Å². The Bertz CT molecular complexity index is 960. The standard InChI is InChI=1S/C24H27F3N3S/c25-24(26,27)20-8-6-19(7-9-20)5-3-1-2-4-12-29-13-15-30(16-14-29)21-10-11-23-22(17-21)28-18-31-23/h6-11,17H,1-5,12-16H2. The second-order valence-corrected chi connectivity index (χ2v) is 8.97. The zero-order valence-electron chi connectivity index (χ0n) is 17.5. The van der Waals surface area contributed by atoms with Gasteiger partial charge in [0.05, 0.1) is 15.8 Å². The highest BCUT2D eigenvalue weighted by Crippen LogP contribution is 2.29. The van der Waals surface area contributed by atoms with Crippen LogP contribution < -0.4 is 4.90 Å². The summed E-state index contributed by atoms with van der Waals surface area (Å²) in [7, 11) is 0. The summed E-state index contributed by atoms with van der Waals surface area (Å²) in [5.41, 5.74) is 5.64. The van der Waals surface area contributed by atoms with Crippen LogP contribution in [-0.4, -0.2) is 42.6 Å². The molecule has 1 aliphatic rings. The van der Waals surface area contributed by atoms with Crippen molar-refractivity contribution in [3.05, 3.63) is 59.1 Å². The van der Waals surface area contributed by atoms with Crippen LogP contribution in [0.15, 0.2) is 42.5 Å². The zero-order valence-corrected chi connectivity index (χ0v) is 18.3. The van der Waals surface area contributed by atoms with E-state index in [1.54, 1.807) is 23.5 Å². The van der Waals surface area contributed by atoms with Gasteiger partial charge in [-0.3, -0.25) is 4.90 Å². The third kappa shape index (κ3) is 5.98. The van der Waals surface area contributed by atoms with Gasteiger partial charge in [-0.05, 0) is 61.7 Å². The van der Waals surface area contributed by atoms with Crippen LogP contribution in [0.5, 0.6) is 0 Å². The van der Waals surface area contributed by atoms with Gasteiger partial charge in [0, 0.05) is 31.9 Å². The van der Waals surface area contributed by atoms with Crippen LogP contribution in [0.1, 0.15) is 36.8 Å². The van der Waals surface area contributed by atoms with Gasteiger partial charge in [0.15, 0.2) is 5.51 Å². The van der Waals surface area contributed by atoms with Crippen LogP contribution in [0.25, 0.3) is 10.2 Å². The zero-order chi connectivity index (χ0) is 21.7. The Labute approximate surface area is 185 Å². The summed E-state index contributed by atoms with van der Waals surface area (Å²) in [6.45, 7) is 5.34. The lowest BCUT2D eigenvalue weighted by Gasteiger charge is -2.36. The van der Waals surface area contributed by atoms with Crippen molar-refractivity contribution < 1.29 is 13.2 Å². The lowest BCUT2D eigenvalue weighted by molar-refractivity contribution is -0.137. The Hall–Kier alpha value is -2.12. The number of anilines is 1. The van der Waals surface area contributed by atoms with Crippen molar-refractivity contribution in [3.8, 4) is 0 Å². The van der Waals surface area contributed by atoms with E-state index in [1.807, 2.05) is 0 Å². The first kappa shape index (κ1) is 22.1. The molecule has 2 aromatic carbocycles. The lowest BCUT2D eigenvalue weighted by Crippen LogP contribution is -2.46. The molecule has 1 aliphatic heterocycles. The molecule has 3 nitrogen and oxygen atoms in total. The number of alkyl halides is 3. The fraction of sp³-hybridized carbons (Fsp3) is 0.458. The van der Waals surface area contributed by atoms with Crippen molar-refractivity contribution in [1.82, 2.24) is 9.88 Å². The number of hydrogen-bond acceptors (Lipinski definition) is 4. The molecule has 0 unspecified atom stereocenters. The number of thiazole rings is 1. The summed E-state index contributed by atoms with van der Waals surface area (Å²) in [6, 6.07) is 12.1. The van der Waals surface area contributed by atoms with Crippen molar-refractivity contribution in [1.29, 1.82) is 0 Å². The number of aryl methyl sites for hydroxylation is 1. The summed E-state index contributed by atoms with van der Waals surface area (Å²) in [4.78, 5) is 9.26. The maximum absolute atomic E-state index is 12.6. The second kappa shape index (κ2) is 10.0. The Morgan fingerprint density at radius 2 is 1.65 bits per heavy atom. The number of aromatic nitrogens is 1. The van der Waals surface area contributed by atoms with Crippen LogP contribution in [0, 0.1) is 5.51 Å². The highest BCUT2D eigenvalue weighted by atomic mass is 32.1. The van der Waals surface area contributed by atoms with Crippen molar-refractivity contribution in [2.24, 2.45) is 0 Å². The SMILES string of the molecule is FC(F)(F)c1ccc(CCCCCCN2CCN(c3ccc4s[c]nc4c3)CC2)cc1. The summed E-state index contributed by atoms with van der Waals surface area (Å²) in [5, 5.41) is 0. The average molecular weight is 447 g/mol. The van der Waals surface area contributed by atoms with Crippen molar-refractivity contribution in [2.45, 2.75) is 38.3 Å². The first-order valence-corrected chi connectivity index (χ1v) is 11.7. The van der Waals surface area contributed by atoms with Gasteiger partial charge in [0.1, 0.15) is 0 Å². The molecule has 2 heterocycles. The molecule has 1 radical (unpaired) electrons. The monoisotopic (exact) mass is 446 g/mol. The largest absolute Gasteiger partial charge is 0.416 e. The van der Waals surface area contributed by atoms with E-state index < -0.39 is 11.7 Å². The van der Waals surface area contributed by atoms with Gasteiger partial charge >= 0.3 is 6.18 Å². The van der Waals surface area contributed by atoms with Crippen molar-refractivity contribution >= 4 is 27.2 Å². The predicted molar refractivity (Wildman–Crippen MR) is 121 cm³/mol. The van der Waals surface area contributed by atoms with E-state index in [0.717, 1.165) is 69.5 Å². The number of fused-ring (bicyclic) bond motifs is 1. The third-order valence-electron chi connectivity index (χ3n) is 5.97. The summed E-state index contributed by atoms with van der Waals surface area (Å²) in [5.74, 6) is 0. The van der Waals surface area contributed by atoms with E-state index in [-0.39, 0.29) is 0 Å². The first-order valence-electron chi connectivity index (χ1n) is 10.9. The van der Waals surface area contributed by atoms with Gasteiger partial charge in [-0.2, -0.15) is 13.2 Å². The number of benzene rings is 2. The van der Waals surface area contributed by atoms with Gasteiger partial charge < -0.3 is 4.90 Å². The maximum Gasteiger partial charge on any atom is 0.416 e. The van der Waals surface area contributed by atoms with Crippen LogP contribution >= 0.6 is 11.3 Å². The number of nitrogens with zero attached hydrogens (tertiary/aromatic N) is 3. The molecule has 0 amide bonds. The Morgan fingerprint density at radius 3 is 2.39 bits per heavy atom.